The van der Waals surface area contributed by atoms with Crippen LogP contribution in [0.4, 0.5) is 5.69 Å². The van der Waals surface area contributed by atoms with E-state index >= 15 is 0 Å². The van der Waals surface area contributed by atoms with Crippen molar-refractivity contribution >= 4 is 11.6 Å². The number of hydrogen-bond acceptors (Lipinski definition) is 3. The Balaban J connectivity index is 2.73. The molecule has 0 aromatic heterocycles. The van der Waals surface area contributed by atoms with Crippen LogP contribution in [0.5, 0.6) is 0 Å². The molecule has 0 aliphatic rings. The Morgan fingerprint density at radius 3 is 2.72 bits per heavy atom. The minimum Gasteiger partial charge on any atom is -0.380 e. The number of amides is 1. The molecule has 0 saturated carbocycles. The molecule has 4 nitrogen and oxygen atoms in total. The van der Waals surface area contributed by atoms with Gasteiger partial charge >= 0.3 is 0 Å². The molecule has 4 heteroatoms. The summed E-state index contributed by atoms with van der Waals surface area (Å²) in [6.07, 6.45) is 0.109. The first-order valence-corrected chi connectivity index (χ1v) is 6.26. The van der Waals surface area contributed by atoms with E-state index in [2.05, 4.69) is 10.6 Å². The highest BCUT2D eigenvalue weighted by Crippen LogP contribution is 2.13. The zero-order valence-corrected chi connectivity index (χ0v) is 11.5. The molecular formula is C14H22N2O2. The van der Waals surface area contributed by atoms with E-state index in [1.807, 2.05) is 39.0 Å². The fourth-order valence-electron chi connectivity index (χ4n) is 1.60. The molecule has 0 radical (unpaired) electrons. The predicted molar refractivity (Wildman–Crippen MR) is 74.0 cm³/mol. The number of carbonyl (C=O) groups excluding carboxylic acids is 1. The molecule has 0 saturated heterocycles. The van der Waals surface area contributed by atoms with Gasteiger partial charge in [-0.3, -0.25) is 4.79 Å². The van der Waals surface area contributed by atoms with Crippen molar-refractivity contribution in [3.05, 3.63) is 29.8 Å². The molecule has 0 bridgehead atoms. The van der Waals surface area contributed by atoms with Gasteiger partial charge in [-0.2, -0.15) is 0 Å². The van der Waals surface area contributed by atoms with Gasteiger partial charge in [-0.15, -0.1) is 0 Å². The van der Waals surface area contributed by atoms with Crippen LogP contribution in [-0.4, -0.2) is 31.7 Å². The van der Waals surface area contributed by atoms with Crippen molar-refractivity contribution in [1.82, 2.24) is 5.32 Å². The minimum atomic E-state index is -0.0476. The van der Waals surface area contributed by atoms with Crippen LogP contribution < -0.4 is 10.6 Å². The van der Waals surface area contributed by atoms with E-state index in [1.165, 1.54) is 0 Å². The van der Waals surface area contributed by atoms with E-state index in [0.717, 1.165) is 5.69 Å². The lowest BCUT2D eigenvalue weighted by molar-refractivity contribution is 0.0956. The zero-order valence-electron chi connectivity index (χ0n) is 11.5. The molecule has 1 aromatic carbocycles. The van der Waals surface area contributed by atoms with Crippen molar-refractivity contribution in [2.45, 2.75) is 32.9 Å². The first kappa shape index (κ1) is 14.5. The van der Waals surface area contributed by atoms with Crippen LogP contribution >= 0.6 is 0 Å². The van der Waals surface area contributed by atoms with Gasteiger partial charge in [0.1, 0.15) is 0 Å². The summed E-state index contributed by atoms with van der Waals surface area (Å²) in [5, 5.41) is 6.11. The van der Waals surface area contributed by atoms with Gasteiger partial charge in [-0.05, 0) is 39.0 Å². The standard InChI is InChI=1S/C14H22N2O2/c1-5-15-14(17)12-7-6-8-13(9-12)16-10(2)11(3)18-4/h6-11,16H,5H2,1-4H3,(H,15,17). The summed E-state index contributed by atoms with van der Waals surface area (Å²) in [6.45, 7) is 6.59. The maximum Gasteiger partial charge on any atom is 0.251 e. The first-order valence-electron chi connectivity index (χ1n) is 6.26. The van der Waals surface area contributed by atoms with Crippen LogP contribution in [0.3, 0.4) is 0 Å². The third kappa shape index (κ3) is 4.04. The molecule has 2 atom stereocenters. The number of methoxy groups -OCH3 is 1. The molecule has 0 aliphatic carbocycles. The molecule has 0 spiro atoms. The summed E-state index contributed by atoms with van der Waals surface area (Å²) < 4.78 is 5.26. The van der Waals surface area contributed by atoms with Gasteiger partial charge in [-0.25, -0.2) is 0 Å². The predicted octanol–water partition coefficient (Wildman–Crippen LogP) is 2.27. The fraction of sp³-hybridized carbons (Fsp3) is 0.500. The Morgan fingerprint density at radius 1 is 1.39 bits per heavy atom. The van der Waals surface area contributed by atoms with Crippen LogP contribution in [0.2, 0.25) is 0 Å². The SMILES string of the molecule is CCNC(=O)c1cccc(NC(C)C(C)OC)c1. The van der Waals surface area contributed by atoms with E-state index in [4.69, 9.17) is 4.74 Å². The molecular weight excluding hydrogens is 228 g/mol. The van der Waals surface area contributed by atoms with Crippen molar-refractivity contribution < 1.29 is 9.53 Å². The van der Waals surface area contributed by atoms with Crippen molar-refractivity contribution in [2.75, 3.05) is 19.0 Å². The van der Waals surface area contributed by atoms with Crippen LogP contribution in [0.1, 0.15) is 31.1 Å². The van der Waals surface area contributed by atoms with Crippen molar-refractivity contribution in [2.24, 2.45) is 0 Å². The first-order chi connectivity index (χ1) is 8.58. The number of carbonyl (C=O) groups is 1. The van der Waals surface area contributed by atoms with Crippen molar-refractivity contribution in [1.29, 1.82) is 0 Å². The van der Waals surface area contributed by atoms with Crippen LogP contribution in [0.15, 0.2) is 24.3 Å². The topological polar surface area (TPSA) is 50.4 Å². The lowest BCUT2D eigenvalue weighted by atomic mass is 10.1. The third-order valence-corrected chi connectivity index (χ3v) is 2.93. The molecule has 1 aromatic rings. The number of benzene rings is 1. The minimum absolute atomic E-state index is 0.0476. The van der Waals surface area contributed by atoms with E-state index in [0.29, 0.717) is 12.1 Å². The van der Waals surface area contributed by atoms with Crippen LogP contribution in [0.25, 0.3) is 0 Å². The number of anilines is 1. The Labute approximate surface area is 109 Å². The van der Waals surface area contributed by atoms with Gasteiger partial charge in [-0.1, -0.05) is 6.07 Å². The molecule has 0 heterocycles. The number of hydrogen-bond donors (Lipinski definition) is 2. The molecule has 2 unspecified atom stereocenters. The summed E-state index contributed by atoms with van der Waals surface area (Å²) in [4.78, 5) is 11.7. The second-order valence-electron chi connectivity index (χ2n) is 4.31. The highest BCUT2D eigenvalue weighted by molar-refractivity contribution is 5.95. The largest absolute Gasteiger partial charge is 0.380 e. The smallest absolute Gasteiger partial charge is 0.251 e. The van der Waals surface area contributed by atoms with Gasteiger partial charge < -0.3 is 15.4 Å². The van der Waals surface area contributed by atoms with E-state index in [9.17, 15) is 4.79 Å². The number of nitrogens with one attached hydrogen (secondary N) is 2. The van der Waals surface area contributed by atoms with Crippen molar-refractivity contribution in [3.63, 3.8) is 0 Å². The maximum absolute atomic E-state index is 11.7. The summed E-state index contributed by atoms with van der Waals surface area (Å²) in [7, 11) is 1.69. The van der Waals surface area contributed by atoms with Gasteiger partial charge in [0, 0.05) is 30.9 Å². The van der Waals surface area contributed by atoms with E-state index in [1.54, 1.807) is 13.2 Å². The summed E-state index contributed by atoms with van der Waals surface area (Å²) in [5.74, 6) is -0.0476. The Hall–Kier alpha value is -1.55. The second-order valence-corrected chi connectivity index (χ2v) is 4.31. The lowest BCUT2D eigenvalue weighted by Crippen LogP contribution is -2.30. The van der Waals surface area contributed by atoms with E-state index < -0.39 is 0 Å². The quantitative estimate of drug-likeness (QED) is 0.814. The third-order valence-electron chi connectivity index (χ3n) is 2.93. The van der Waals surface area contributed by atoms with E-state index in [-0.39, 0.29) is 18.1 Å². The molecule has 0 fully saturated rings. The summed E-state index contributed by atoms with van der Waals surface area (Å²) >= 11 is 0. The highest BCUT2D eigenvalue weighted by atomic mass is 16.5. The molecule has 0 aliphatic heterocycles. The number of rotatable bonds is 6. The fourth-order valence-corrected chi connectivity index (χ4v) is 1.60. The maximum atomic E-state index is 11.7. The second kappa shape index (κ2) is 7.01. The monoisotopic (exact) mass is 250 g/mol. The Kier molecular flexibility index (Phi) is 5.65. The zero-order chi connectivity index (χ0) is 13.5. The van der Waals surface area contributed by atoms with Crippen molar-refractivity contribution in [3.8, 4) is 0 Å². The average Bonchev–Trinajstić information content (AvgIpc) is 2.38. The van der Waals surface area contributed by atoms with Gasteiger partial charge in [0.05, 0.1) is 6.10 Å². The Bertz CT molecular complexity index is 393. The summed E-state index contributed by atoms with van der Waals surface area (Å²) in [6, 6.07) is 7.66. The van der Waals surface area contributed by atoms with Gasteiger partial charge in [0.2, 0.25) is 0 Å². The Morgan fingerprint density at radius 2 is 2.11 bits per heavy atom. The highest BCUT2D eigenvalue weighted by Gasteiger charge is 2.11. The average molecular weight is 250 g/mol. The normalized spacial score (nSPS) is 13.8. The molecule has 1 amide bonds. The molecule has 100 valence electrons. The lowest BCUT2D eigenvalue weighted by Gasteiger charge is -2.21. The molecule has 18 heavy (non-hydrogen) atoms. The van der Waals surface area contributed by atoms with Gasteiger partial charge in [0.15, 0.2) is 0 Å². The summed E-state index contributed by atoms with van der Waals surface area (Å²) in [5.41, 5.74) is 1.59. The molecule has 1 rings (SSSR count). The van der Waals surface area contributed by atoms with Crippen LogP contribution in [-0.2, 0) is 4.74 Å². The number of ether oxygens (including phenoxy) is 1. The van der Waals surface area contributed by atoms with Crippen LogP contribution in [0, 0.1) is 0 Å². The molecule has 2 N–H and O–H groups in total. The van der Waals surface area contributed by atoms with Gasteiger partial charge in [0.25, 0.3) is 5.91 Å².